The van der Waals surface area contributed by atoms with Crippen LogP contribution >= 0.6 is 0 Å². The van der Waals surface area contributed by atoms with E-state index in [9.17, 15) is 14.4 Å². The van der Waals surface area contributed by atoms with Crippen LogP contribution in [0.5, 0.6) is 0 Å². The molecule has 0 saturated heterocycles. The van der Waals surface area contributed by atoms with Gasteiger partial charge in [0.1, 0.15) is 0 Å². The predicted molar refractivity (Wildman–Crippen MR) is 61.8 cm³/mol. The summed E-state index contributed by atoms with van der Waals surface area (Å²) in [5.41, 5.74) is -0.628. The van der Waals surface area contributed by atoms with Gasteiger partial charge in [-0.05, 0) is 20.8 Å². The Balaban J connectivity index is 4.62. The molecule has 2 N–H and O–H groups in total. The van der Waals surface area contributed by atoms with Gasteiger partial charge in [0, 0.05) is 24.2 Å². The normalized spacial score (nSPS) is 11.3. The monoisotopic (exact) mass is 259 g/mol. The van der Waals surface area contributed by atoms with E-state index in [2.05, 4.69) is 4.74 Å². The Morgan fingerprint density at radius 2 is 1.78 bits per heavy atom. The highest BCUT2D eigenvalue weighted by molar-refractivity contribution is 5.95. The lowest BCUT2D eigenvalue weighted by atomic mass is 10.1. The summed E-state index contributed by atoms with van der Waals surface area (Å²) in [7, 11) is 0. The molecular formula is C11H17NO6. The molecule has 0 aliphatic heterocycles. The van der Waals surface area contributed by atoms with Gasteiger partial charge in [-0.1, -0.05) is 0 Å². The number of carbonyl (C=O) groups is 3. The van der Waals surface area contributed by atoms with Crippen LogP contribution in [0.3, 0.4) is 0 Å². The molecular weight excluding hydrogens is 242 g/mol. The van der Waals surface area contributed by atoms with E-state index in [1.807, 2.05) is 0 Å². The zero-order valence-electron chi connectivity index (χ0n) is 10.5. The average molecular weight is 259 g/mol. The number of amides is 1. The summed E-state index contributed by atoms with van der Waals surface area (Å²) < 4.78 is 4.43. The second-order valence-corrected chi connectivity index (χ2v) is 4.40. The summed E-state index contributed by atoms with van der Waals surface area (Å²) in [6, 6.07) is 0. The predicted octanol–water partition coefficient (Wildman–Crippen LogP) is 0.383. The molecule has 18 heavy (non-hydrogen) atoms. The molecule has 0 radical (unpaired) electrons. The molecule has 0 spiro atoms. The van der Waals surface area contributed by atoms with Crippen molar-refractivity contribution >= 4 is 18.0 Å². The zero-order valence-corrected chi connectivity index (χ0v) is 10.5. The van der Waals surface area contributed by atoms with Crippen molar-refractivity contribution < 1.29 is 29.3 Å². The highest BCUT2D eigenvalue weighted by Crippen LogP contribution is 2.14. The van der Waals surface area contributed by atoms with E-state index in [1.54, 1.807) is 20.8 Å². The van der Waals surface area contributed by atoms with Crippen LogP contribution in [-0.2, 0) is 14.3 Å². The number of β-amino-alcohol motifs (C(OH)–C–C–N with tert-alkyl or cyclic N) is 1. The minimum absolute atomic E-state index is 0.0122. The fraction of sp³-hybridized carbons (Fsp3) is 0.545. The lowest BCUT2D eigenvalue weighted by molar-refractivity contribution is -0.135. The van der Waals surface area contributed by atoms with Crippen LogP contribution in [0, 0.1) is 0 Å². The minimum atomic E-state index is -1.32. The summed E-state index contributed by atoms with van der Waals surface area (Å²) in [5, 5.41) is 17.1. The van der Waals surface area contributed by atoms with Crippen molar-refractivity contribution in [2.45, 2.75) is 26.3 Å². The molecule has 0 heterocycles. The number of nitrogens with zero attached hydrogens (tertiary/aromatic N) is 1. The zero-order chi connectivity index (χ0) is 14.3. The van der Waals surface area contributed by atoms with E-state index in [0.29, 0.717) is 12.2 Å². The Morgan fingerprint density at radius 1 is 1.22 bits per heavy atom. The van der Waals surface area contributed by atoms with Gasteiger partial charge in [0.05, 0.1) is 6.61 Å². The van der Waals surface area contributed by atoms with Crippen LogP contribution < -0.4 is 0 Å². The molecule has 0 atom stereocenters. The number of aliphatic carboxylic acids is 1. The van der Waals surface area contributed by atoms with Crippen molar-refractivity contribution in [3.05, 3.63) is 12.2 Å². The maximum absolute atomic E-state index is 11.6. The van der Waals surface area contributed by atoms with Crippen LogP contribution in [0.4, 0.5) is 4.79 Å². The molecule has 1 amide bonds. The number of aliphatic hydroxyl groups is 1. The van der Waals surface area contributed by atoms with Crippen LogP contribution in [0.2, 0.25) is 0 Å². The molecule has 0 rings (SSSR count). The van der Waals surface area contributed by atoms with Crippen LogP contribution in [0.1, 0.15) is 20.8 Å². The Bertz CT molecular complexity index is 355. The van der Waals surface area contributed by atoms with Gasteiger partial charge in [-0.3, -0.25) is 0 Å². The summed E-state index contributed by atoms with van der Waals surface area (Å²) in [4.78, 5) is 34.1. The van der Waals surface area contributed by atoms with Crippen molar-refractivity contribution in [1.29, 1.82) is 0 Å². The van der Waals surface area contributed by atoms with Crippen LogP contribution in [0.15, 0.2) is 12.2 Å². The molecule has 0 aliphatic carbocycles. The first kappa shape index (κ1) is 16.1. The van der Waals surface area contributed by atoms with E-state index < -0.39 is 23.6 Å². The minimum Gasteiger partial charge on any atom is -0.478 e. The topological polar surface area (TPSA) is 104 Å². The van der Waals surface area contributed by atoms with Gasteiger partial charge in [0.2, 0.25) is 0 Å². The van der Waals surface area contributed by atoms with Gasteiger partial charge in [0.25, 0.3) is 0 Å². The van der Waals surface area contributed by atoms with Gasteiger partial charge in [-0.2, -0.15) is 0 Å². The maximum atomic E-state index is 11.6. The number of rotatable bonds is 4. The summed E-state index contributed by atoms with van der Waals surface area (Å²) >= 11 is 0. The number of aliphatic hydroxyl groups excluding tert-OH is 1. The number of ether oxygens (including phenoxy) is 1. The number of carboxylic acids is 1. The Kier molecular flexibility index (Phi) is 6.04. The maximum Gasteiger partial charge on any atom is 0.418 e. The molecule has 0 unspecified atom stereocenters. The van der Waals surface area contributed by atoms with Gasteiger partial charge in [-0.25, -0.2) is 14.4 Å². The van der Waals surface area contributed by atoms with Crippen molar-refractivity contribution in [1.82, 2.24) is 4.90 Å². The summed E-state index contributed by atoms with van der Waals surface area (Å²) in [6.45, 7) is 4.87. The first-order chi connectivity index (χ1) is 8.18. The first-order valence-electron chi connectivity index (χ1n) is 5.23. The second kappa shape index (κ2) is 6.75. The van der Waals surface area contributed by atoms with E-state index in [4.69, 9.17) is 10.2 Å². The standard InChI is InChI=1S/C11H17NO6/c1-11(2,3)12(6-7-13)10(17)18-9(16)5-4-8(14)15/h4-5,13H,6-7H2,1-3H3,(H,14,15). The Hall–Kier alpha value is -1.89. The third kappa shape index (κ3) is 6.00. The van der Waals surface area contributed by atoms with Gasteiger partial charge >= 0.3 is 18.0 Å². The molecule has 7 nitrogen and oxygen atoms in total. The van der Waals surface area contributed by atoms with Crippen LogP contribution in [-0.4, -0.2) is 51.8 Å². The molecule has 0 aromatic rings. The molecule has 0 saturated carbocycles. The number of hydrogen-bond donors (Lipinski definition) is 2. The molecule has 7 heteroatoms. The van der Waals surface area contributed by atoms with E-state index in [-0.39, 0.29) is 13.2 Å². The smallest absolute Gasteiger partial charge is 0.418 e. The molecule has 0 fully saturated rings. The third-order valence-corrected chi connectivity index (χ3v) is 1.90. The van der Waals surface area contributed by atoms with Gasteiger partial charge in [-0.15, -0.1) is 0 Å². The SMILES string of the molecule is CC(C)(C)N(CCO)C(=O)OC(=O)C=CC(=O)O. The number of carbonyl (C=O) groups excluding carboxylic acids is 2. The number of carboxylic acid groups (broad SMARTS) is 1. The second-order valence-electron chi connectivity index (χ2n) is 4.40. The molecule has 0 aliphatic rings. The highest BCUT2D eigenvalue weighted by Gasteiger charge is 2.28. The quantitative estimate of drug-likeness (QED) is 0.430. The number of hydrogen-bond acceptors (Lipinski definition) is 5. The number of esters is 1. The van der Waals surface area contributed by atoms with Crippen LogP contribution in [0.25, 0.3) is 0 Å². The van der Waals surface area contributed by atoms with Gasteiger partial charge in [0.15, 0.2) is 0 Å². The van der Waals surface area contributed by atoms with Crippen molar-refractivity contribution in [2.75, 3.05) is 13.2 Å². The van der Waals surface area contributed by atoms with Crippen molar-refractivity contribution in [3.63, 3.8) is 0 Å². The largest absolute Gasteiger partial charge is 0.478 e. The lowest BCUT2D eigenvalue weighted by Crippen LogP contribution is -2.47. The van der Waals surface area contributed by atoms with Crippen molar-refractivity contribution in [2.24, 2.45) is 0 Å². The molecule has 102 valence electrons. The average Bonchev–Trinajstić information content (AvgIpc) is 2.21. The third-order valence-electron chi connectivity index (χ3n) is 1.90. The first-order valence-corrected chi connectivity index (χ1v) is 5.23. The lowest BCUT2D eigenvalue weighted by Gasteiger charge is -2.33. The highest BCUT2D eigenvalue weighted by atomic mass is 16.6. The van der Waals surface area contributed by atoms with E-state index >= 15 is 0 Å². The van der Waals surface area contributed by atoms with E-state index in [1.165, 1.54) is 4.90 Å². The summed E-state index contributed by atoms with van der Waals surface area (Å²) in [5.74, 6) is -2.39. The fourth-order valence-electron chi connectivity index (χ4n) is 1.12. The van der Waals surface area contributed by atoms with Gasteiger partial charge < -0.3 is 19.8 Å². The molecule has 0 aromatic heterocycles. The van der Waals surface area contributed by atoms with E-state index in [0.717, 1.165) is 0 Å². The Labute approximate surface area is 105 Å². The fourth-order valence-corrected chi connectivity index (χ4v) is 1.12. The molecule has 0 bridgehead atoms. The summed E-state index contributed by atoms with van der Waals surface area (Å²) in [6.07, 6.45) is 0.278. The van der Waals surface area contributed by atoms with Crippen molar-refractivity contribution in [3.8, 4) is 0 Å². The molecule has 0 aromatic carbocycles. The Morgan fingerprint density at radius 3 is 2.17 bits per heavy atom.